The average molecular weight is 267 g/mol. The Hall–Kier alpha value is -2.01. The summed E-state index contributed by atoms with van der Waals surface area (Å²) in [4.78, 5) is 25.3. The van der Waals surface area contributed by atoms with Crippen LogP contribution >= 0.6 is 11.6 Å². The lowest BCUT2D eigenvalue weighted by atomic mass is 10.2. The van der Waals surface area contributed by atoms with Crippen LogP contribution in [-0.2, 0) is 4.79 Å². The van der Waals surface area contributed by atoms with Gasteiger partial charge in [0, 0.05) is 15.9 Å². The van der Waals surface area contributed by atoms with Crippen molar-refractivity contribution in [3.63, 3.8) is 0 Å². The molecule has 18 heavy (non-hydrogen) atoms. The zero-order valence-corrected chi connectivity index (χ0v) is 10.3. The first-order valence-electron chi connectivity index (χ1n) is 5.29. The second kappa shape index (κ2) is 4.70. The normalized spacial score (nSPS) is 12.3. The predicted octanol–water partition coefficient (Wildman–Crippen LogP) is 2.02. The molecule has 5 nitrogen and oxygen atoms in total. The van der Waals surface area contributed by atoms with Crippen LogP contribution in [0.5, 0.6) is 0 Å². The molecule has 1 unspecified atom stereocenters. The summed E-state index contributed by atoms with van der Waals surface area (Å²) in [5, 5.41) is 12.5. The van der Waals surface area contributed by atoms with Crippen LogP contribution in [0, 0.1) is 0 Å². The highest BCUT2D eigenvalue weighted by molar-refractivity contribution is 6.31. The fourth-order valence-electron chi connectivity index (χ4n) is 1.56. The van der Waals surface area contributed by atoms with Gasteiger partial charge in [-0.3, -0.25) is 9.59 Å². The Morgan fingerprint density at radius 2 is 2.11 bits per heavy atom. The van der Waals surface area contributed by atoms with Gasteiger partial charge in [0.2, 0.25) is 0 Å². The van der Waals surface area contributed by atoms with E-state index in [1.54, 1.807) is 24.3 Å². The number of rotatable bonds is 3. The summed E-state index contributed by atoms with van der Waals surface area (Å²) in [5.41, 5.74) is 1.08. The average Bonchev–Trinajstić information content (AvgIpc) is 2.71. The van der Waals surface area contributed by atoms with Gasteiger partial charge in [0.1, 0.15) is 11.7 Å². The smallest absolute Gasteiger partial charge is 0.325 e. The Morgan fingerprint density at radius 3 is 2.78 bits per heavy atom. The summed E-state index contributed by atoms with van der Waals surface area (Å²) >= 11 is 5.84. The van der Waals surface area contributed by atoms with Crippen LogP contribution in [0.3, 0.4) is 0 Å². The molecule has 6 heteroatoms. The zero-order chi connectivity index (χ0) is 13.3. The number of hydrogen-bond donors (Lipinski definition) is 3. The maximum absolute atomic E-state index is 11.8. The van der Waals surface area contributed by atoms with E-state index in [-0.39, 0.29) is 0 Å². The number of amides is 1. The summed E-state index contributed by atoms with van der Waals surface area (Å²) < 4.78 is 0. The molecule has 0 bridgehead atoms. The molecular weight excluding hydrogens is 256 g/mol. The molecule has 1 atom stereocenters. The lowest BCUT2D eigenvalue weighted by Gasteiger charge is -2.07. The number of carbonyl (C=O) groups is 2. The Labute approximate surface area is 108 Å². The molecule has 1 aromatic carbocycles. The number of aliphatic carboxylic acids is 1. The summed E-state index contributed by atoms with van der Waals surface area (Å²) in [5.74, 6) is -1.54. The van der Waals surface area contributed by atoms with E-state index in [1.165, 1.54) is 6.92 Å². The number of aromatic nitrogens is 1. The van der Waals surface area contributed by atoms with Gasteiger partial charge >= 0.3 is 5.97 Å². The first-order valence-corrected chi connectivity index (χ1v) is 5.67. The van der Waals surface area contributed by atoms with Crippen molar-refractivity contribution in [2.75, 3.05) is 0 Å². The molecule has 0 fully saturated rings. The van der Waals surface area contributed by atoms with Crippen molar-refractivity contribution in [2.24, 2.45) is 0 Å². The minimum Gasteiger partial charge on any atom is -0.480 e. The van der Waals surface area contributed by atoms with Crippen LogP contribution < -0.4 is 5.32 Å². The van der Waals surface area contributed by atoms with Crippen molar-refractivity contribution < 1.29 is 14.7 Å². The minimum absolute atomic E-state index is 0.306. The Balaban J connectivity index is 2.26. The molecule has 2 aromatic rings. The second-order valence-electron chi connectivity index (χ2n) is 3.95. The Kier molecular flexibility index (Phi) is 3.25. The number of halogens is 1. The molecule has 2 rings (SSSR count). The van der Waals surface area contributed by atoms with E-state index in [2.05, 4.69) is 10.3 Å². The van der Waals surface area contributed by atoms with Gasteiger partial charge < -0.3 is 15.4 Å². The van der Waals surface area contributed by atoms with Gasteiger partial charge in [0.25, 0.3) is 5.91 Å². The molecule has 1 aromatic heterocycles. The molecule has 1 heterocycles. The maximum atomic E-state index is 11.8. The maximum Gasteiger partial charge on any atom is 0.325 e. The van der Waals surface area contributed by atoms with Crippen molar-refractivity contribution in [3.8, 4) is 0 Å². The van der Waals surface area contributed by atoms with E-state index in [1.807, 2.05) is 0 Å². The van der Waals surface area contributed by atoms with Crippen molar-refractivity contribution >= 4 is 34.4 Å². The summed E-state index contributed by atoms with van der Waals surface area (Å²) in [6, 6.07) is 5.89. The third-order valence-electron chi connectivity index (χ3n) is 2.55. The molecule has 0 spiro atoms. The van der Waals surface area contributed by atoms with Gasteiger partial charge in [-0.2, -0.15) is 0 Å². The third-order valence-corrected chi connectivity index (χ3v) is 2.78. The molecule has 3 N–H and O–H groups in total. The van der Waals surface area contributed by atoms with Crippen LogP contribution in [-0.4, -0.2) is 28.0 Å². The number of fused-ring (bicyclic) bond motifs is 1. The second-order valence-corrected chi connectivity index (χ2v) is 4.38. The molecule has 0 saturated carbocycles. The van der Waals surface area contributed by atoms with E-state index in [9.17, 15) is 9.59 Å². The van der Waals surface area contributed by atoms with Gasteiger partial charge in [-0.15, -0.1) is 0 Å². The van der Waals surface area contributed by atoms with E-state index in [4.69, 9.17) is 16.7 Å². The molecule has 0 aliphatic rings. The SMILES string of the molecule is CC(NC(=O)c1cc2cc(Cl)ccc2[nH]1)C(=O)O. The predicted molar refractivity (Wildman–Crippen MR) is 67.9 cm³/mol. The van der Waals surface area contributed by atoms with Gasteiger partial charge in [0.15, 0.2) is 0 Å². The number of carboxylic acids is 1. The molecule has 0 radical (unpaired) electrons. The van der Waals surface area contributed by atoms with Crippen LogP contribution in [0.25, 0.3) is 10.9 Å². The van der Waals surface area contributed by atoms with Crippen molar-refractivity contribution in [1.82, 2.24) is 10.3 Å². The van der Waals surface area contributed by atoms with Crippen molar-refractivity contribution in [2.45, 2.75) is 13.0 Å². The van der Waals surface area contributed by atoms with Crippen LogP contribution in [0.1, 0.15) is 17.4 Å². The third kappa shape index (κ3) is 2.46. The molecule has 0 aliphatic heterocycles. The highest BCUT2D eigenvalue weighted by Crippen LogP contribution is 2.20. The fraction of sp³-hybridized carbons (Fsp3) is 0.167. The zero-order valence-electron chi connectivity index (χ0n) is 9.53. The van der Waals surface area contributed by atoms with E-state index in [0.717, 1.165) is 10.9 Å². The topological polar surface area (TPSA) is 82.2 Å². The molecule has 1 amide bonds. The first kappa shape index (κ1) is 12.4. The van der Waals surface area contributed by atoms with Crippen molar-refractivity contribution in [1.29, 1.82) is 0 Å². The fourth-order valence-corrected chi connectivity index (χ4v) is 1.74. The van der Waals surface area contributed by atoms with E-state index in [0.29, 0.717) is 10.7 Å². The number of benzene rings is 1. The summed E-state index contributed by atoms with van der Waals surface area (Å²) in [7, 11) is 0. The van der Waals surface area contributed by atoms with Crippen LogP contribution in [0.2, 0.25) is 5.02 Å². The largest absolute Gasteiger partial charge is 0.480 e. The number of H-pyrrole nitrogens is 1. The Morgan fingerprint density at radius 1 is 1.39 bits per heavy atom. The molecule has 0 aliphatic carbocycles. The number of hydrogen-bond acceptors (Lipinski definition) is 2. The highest BCUT2D eigenvalue weighted by Gasteiger charge is 2.16. The van der Waals surface area contributed by atoms with Crippen LogP contribution in [0.4, 0.5) is 0 Å². The minimum atomic E-state index is -1.08. The number of carboxylic acid groups (broad SMARTS) is 1. The lowest BCUT2D eigenvalue weighted by molar-refractivity contribution is -0.138. The lowest BCUT2D eigenvalue weighted by Crippen LogP contribution is -2.38. The monoisotopic (exact) mass is 266 g/mol. The summed E-state index contributed by atoms with van der Waals surface area (Å²) in [6.45, 7) is 1.40. The van der Waals surface area contributed by atoms with E-state index < -0.39 is 17.9 Å². The summed E-state index contributed by atoms with van der Waals surface area (Å²) in [6.07, 6.45) is 0. The quantitative estimate of drug-likeness (QED) is 0.795. The number of nitrogens with one attached hydrogen (secondary N) is 2. The van der Waals surface area contributed by atoms with Gasteiger partial charge in [-0.25, -0.2) is 0 Å². The molecule has 94 valence electrons. The standard InChI is InChI=1S/C12H11ClN2O3/c1-6(12(17)18)14-11(16)10-5-7-4-8(13)2-3-9(7)15-10/h2-6,15H,1H3,(H,14,16)(H,17,18). The van der Waals surface area contributed by atoms with Gasteiger partial charge in [-0.05, 0) is 31.2 Å². The molecule has 0 saturated heterocycles. The van der Waals surface area contributed by atoms with Gasteiger partial charge in [-0.1, -0.05) is 11.6 Å². The van der Waals surface area contributed by atoms with Crippen molar-refractivity contribution in [3.05, 3.63) is 35.0 Å². The highest BCUT2D eigenvalue weighted by atomic mass is 35.5. The van der Waals surface area contributed by atoms with Crippen LogP contribution in [0.15, 0.2) is 24.3 Å². The Bertz CT molecular complexity index is 621. The first-order chi connectivity index (χ1) is 8.47. The molecular formula is C12H11ClN2O3. The number of carbonyl (C=O) groups excluding carboxylic acids is 1. The van der Waals surface area contributed by atoms with E-state index >= 15 is 0 Å². The number of aromatic amines is 1. The van der Waals surface area contributed by atoms with Gasteiger partial charge in [0.05, 0.1) is 0 Å².